The fourth-order valence-electron chi connectivity index (χ4n) is 0.511. The molecule has 1 heterocycles. The highest BCUT2D eigenvalue weighted by atomic mass is 32.2. The Balaban J connectivity index is 2.41. The van der Waals surface area contributed by atoms with Crippen LogP contribution in [0.2, 0.25) is 0 Å². The minimum atomic E-state index is -0.194. The second-order valence-electron chi connectivity index (χ2n) is 1.40. The Morgan fingerprint density at radius 3 is 2.88 bits per heavy atom. The Morgan fingerprint density at radius 1 is 1.88 bits per heavy atom. The molecule has 2 N–H and O–H groups in total. The molecule has 0 aromatic rings. The number of thioether (sulfide) groups is 1. The number of hydrazine groups is 1. The standard InChI is InChI=1S/C4H8N3S/c1-6-7-2-3-8-4(7)5/h2-6H,1H3. The van der Waals surface area contributed by atoms with Crippen molar-refractivity contribution in [3.05, 3.63) is 11.6 Å². The first kappa shape index (κ1) is 5.94. The summed E-state index contributed by atoms with van der Waals surface area (Å²) in [5.74, 6) is 0. The van der Waals surface area contributed by atoms with Gasteiger partial charge in [-0.2, -0.15) is 0 Å². The molecule has 8 heavy (non-hydrogen) atoms. The molecule has 0 aromatic carbocycles. The molecule has 45 valence electrons. The van der Waals surface area contributed by atoms with Gasteiger partial charge in [-0.15, -0.1) is 0 Å². The zero-order chi connectivity index (χ0) is 5.98. The van der Waals surface area contributed by atoms with E-state index >= 15 is 0 Å². The fourth-order valence-corrected chi connectivity index (χ4v) is 1.17. The second-order valence-corrected chi connectivity index (χ2v) is 2.40. The molecule has 1 aliphatic rings. The molecule has 0 aliphatic carbocycles. The van der Waals surface area contributed by atoms with E-state index in [2.05, 4.69) is 5.43 Å². The maximum atomic E-state index is 7.25. The van der Waals surface area contributed by atoms with Crippen LogP contribution >= 0.6 is 11.8 Å². The van der Waals surface area contributed by atoms with Crippen molar-refractivity contribution in [3.63, 3.8) is 0 Å². The van der Waals surface area contributed by atoms with Crippen LogP contribution in [0.4, 0.5) is 0 Å². The van der Waals surface area contributed by atoms with Gasteiger partial charge in [0.25, 0.3) is 0 Å². The highest BCUT2D eigenvalue weighted by Gasteiger charge is 2.12. The summed E-state index contributed by atoms with van der Waals surface area (Å²) in [6.45, 7) is 0. The Bertz CT molecular complexity index is 103. The Kier molecular flexibility index (Phi) is 1.77. The molecule has 0 fully saturated rings. The van der Waals surface area contributed by atoms with E-state index in [-0.39, 0.29) is 5.50 Å². The van der Waals surface area contributed by atoms with Crippen LogP contribution in [0.5, 0.6) is 0 Å². The molecule has 0 bridgehead atoms. The summed E-state index contributed by atoms with van der Waals surface area (Å²) in [7, 11) is 1.80. The summed E-state index contributed by atoms with van der Waals surface area (Å²) >= 11 is 1.48. The van der Waals surface area contributed by atoms with E-state index in [4.69, 9.17) is 5.73 Å². The summed E-state index contributed by atoms with van der Waals surface area (Å²) in [6, 6.07) is 0. The van der Waals surface area contributed by atoms with Crippen molar-refractivity contribution in [2.75, 3.05) is 7.05 Å². The van der Waals surface area contributed by atoms with Gasteiger partial charge in [0.1, 0.15) is 0 Å². The highest BCUT2D eigenvalue weighted by Crippen LogP contribution is 2.18. The highest BCUT2D eigenvalue weighted by molar-refractivity contribution is 8.02. The monoisotopic (exact) mass is 130 g/mol. The number of rotatable bonds is 1. The molecule has 0 saturated heterocycles. The molecular formula is C4H8N3S. The number of nitrogens with one attached hydrogen (secondary N) is 2. The van der Waals surface area contributed by atoms with Gasteiger partial charge in [-0.25, -0.2) is 11.2 Å². The molecule has 3 nitrogen and oxygen atoms in total. The molecule has 0 amide bonds. The molecule has 0 aromatic heterocycles. The van der Waals surface area contributed by atoms with Gasteiger partial charge in [0.15, 0.2) is 5.50 Å². The zero-order valence-corrected chi connectivity index (χ0v) is 5.40. The van der Waals surface area contributed by atoms with Crippen LogP contribution in [-0.2, 0) is 0 Å². The zero-order valence-electron chi connectivity index (χ0n) is 4.59. The smallest absolute Gasteiger partial charge is 0.158 e. The van der Waals surface area contributed by atoms with E-state index in [1.54, 1.807) is 12.1 Å². The van der Waals surface area contributed by atoms with E-state index in [9.17, 15) is 0 Å². The van der Waals surface area contributed by atoms with Crippen LogP contribution in [0.3, 0.4) is 0 Å². The van der Waals surface area contributed by atoms with Crippen LogP contribution in [0.25, 0.3) is 0 Å². The minimum Gasteiger partial charge on any atom is -0.287 e. The molecule has 1 unspecified atom stereocenters. The van der Waals surface area contributed by atoms with Crippen LogP contribution in [0, 0.1) is 0 Å². The van der Waals surface area contributed by atoms with Crippen molar-refractivity contribution in [3.8, 4) is 0 Å². The molecule has 1 rings (SSSR count). The van der Waals surface area contributed by atoms with Crippen molar-refractivity contribution in [1.82, 2.24) is 16.2 Å². The van der Waals surface area contributed by atoms with Crippen molar-refractivity contribution in [2.24, 2.45) is 0 Å². The van der Waals surface area contributed by atoms with E-state index in [0.29, 0.717) is 0 Å². The normalized spacial score (nSPS) is 27.2. The van der Waals surface area contributed by atoms with Gasteiger partial charge in [0.05, 0.1) is 0 Å². The van der Waals surface area contributed by atoms with E-state index in [1.165, 1.54) is 11.8 Å². The average Bonchev–Trinajstić information content (AvgIpc) is 2.14. The van der Waals surface area contributed by atoms with Crippen molar-refractivity contribution < 1.29 is 0 Å². The molecule has 1 radical (unpaired) electrons. The van der Waals surface area contributed by atoms with E-state index in [1.807, 2.05) is 11.6 Å². The number of hydrogen-bond acceptors (Lipinski definition) is 3. The average molecular weight is 130 g/mol. The van der Waals surface area contributed by atoms with Crippen LogP contribution < -0.4 is 11.2 Å². The molecule has 0 saturated carbocycles. The molecule has 1 aliphatic heterocycles. The SMILES string of the molecule is CNN1C=CSC1[NH]. The fraction of sp³-hybridized carbons (Fsp3) is 0.500. The van der Waals surface area contributed by atoms with Gasteiger partial charge in [-0.3, -0.25) is 5.01 Å². The number of hydrogen-bond donors (Lipinski definition) is 1. The predicted molar refractivity (Wildman–Crippen MR) is 34.5 cm³/mol. The maximum absolute atomic E-state index is 7.25. The third-order valence-electron chi connectivity index (χ3n) is 0.940. The minimum absolute atomic E-state index is 0.194. The lowest BCUT2D eigenvalue weighted by atomic mass is 10.9. The van der Waals surface area contributed by atoms with Gasteiger partial charge in [-0.1, -0.05) is 11.8 Å². The molecule has 0 spiro atoms. The second kappa shape index (κ2) is 2.39. The third-order valence-corrected chi connectivity index (χ3v) is 1.70. The van der Waals surface area contributed by atoms with Crippen LogP contribution in [0.15, 0.2) is 11.6 Å². The quantitative estimate of drug-likeness (QED) is 0.551. The molecular weight excluding hydrogens is 122 g/mol. The predicted octanol–water partition coefficient (Wildman–Crippen LogP) is 0.207. The summed E-state index contributed by atoms with van der Waals surface area (Å²) in [4.78, 5) is 0. The van der Waals surface area contributed by atoms with Gasteiger partial charge in [0, 0.05) is 13.2 Å². The first-order chi connectivity index (χ1) is 3.84. The van der Waals surface area contributed by atoms with Gasteiger partial charge >= 0.3 is 0 Å². The van der Waals surface area contributed by atoms with Crippen LogP contribution in [0.1, 0.15) is 0 Å². The first-order valence-electron chi connectivity index (χ1n) is 2.33. The van der Waals surface area contributed by atoms with E-state index in [0.717, 1.165) is 0 Å². The summed E-state index contributed by atoms with van der Waals surface area (Å²) in [5, 5.41) is 3.62. The lowest BCUT2D eigenvalue weighted by molar-refractivity contribution is 0.285. The Morgan fingerprint density at radius 2 is 2.62 bits per heavy atom. The van der Waals surface area contributed by atoms with E-state index < -0.39 is 0 Å². The van der Waals surface area contributed by atoms with Gasteiger partial charge in [-0.05, 0) is 5.41 Å². The third kappa shape index (κ3) is 0.964. The summed E-state index contributed by atoms with van der Waals surface area (Å²) in [6.07, 6.45) is 1.85. The summed E-state index contributed by atoms with van der Waals surface area (Å²) < 4.78 is 0. The Hall–Kier alpha value is -0.190. The number of nitrogens with zero attached hydrogens (tertiary/aromatic N) is 1. The molecule has 4 heteroatoms. The molecule has 1 atom stereocenters. The van der Waals surface area contributed by atoms with Crippen molar-refractivity contribution >= 4 is 11.8 Å². The summed E-state index contributed by atoms with van der Waals surface area (Å²) in [5.41, 5.74) is 9.91. The van der Waals surface area contributed by atoms with Gasteiger partial charge in [0.2, 0.25) is 0 Å². The topological polar surface area (TPSA) is 39.1 Å². The largest absolute Gasteiger partial charge is 0.287 e. The van der Waals surface area contributed by atoms with Gasteiger partial charge < -0.3 is 0 Å². The lowest BCUT2D eigenvalue weighted by Gasteiger charge is -2.17. The van der Waals surface area contributed by atoms with Crippen LogP contribution in [-0.4, -0.2) is 17.6 Å². The lowest BCUT2D eigenvalue weighted by Crippen LogP contribution is -2.35. The maximum Gasteiger partial charge on any atom is 0.158 e. The first-order valence-corrected chi connectivity index (χ1v) is 3.28. The Labute approximate surface area is 52.9 Å². The van der Waals surface area contributed by atoms with Crippen molar-refractivity contribution in [2.45, 2.75) is 5.50 Å². The van der Waals surface area contributed by atoms with Crippen molar-refractivity contribution in [1.29, 1.82) is 0 Å².